The molecular weight excluding hydrogens is 352 g/mol. The molecule has 2 heterocycles. The summed E-state index contributed by atoms with van der Waals surface area (Å²) in [5.41, 5.74) is 0. The van der Waals surface area contributed by atoms with Gasteiger partial charge in [0.2, 0.25) is 0 Å². The number of thiophene rings is 1. The molecule has 0 atom stereocenters. The Labute approximate surface area is 148 Å². The van der Waals surface area contributed by atoms with Gasteiger partial charge in [0.15, 0.2) is 5.11 Å². The number of sulfonamides is 1. The first-order valence-electron chi connectivity index (χ1n) is 7.76. The van der Waals surface area contributed by atoms with Gasteiger partial charge >= 0.3 is 0 Å². The van der Waals surface area contributed by atoms with Crippen molar-refractivity contribution in [2.45, 2.75) is 10.6 Å². The maximum absolute atomic E-state index is 12.5. The highest BCUT2D eigenvalue weighted by molar-refractivity contribution is 7.91. The Morgan fingerprint density at radius 1 is 1.35 bits per heavy atom. The average Bonchev–Trinajstić information content (AvgIpc) is 3.06. The summed E-state index contributed by atoms with van der Waals surface area (Å²) in [5, 5.41) is 5.78. The molecule has 2 N–H and O–H groups in total. The van der Waals surface area contributed by atoms with Crippen molar-refractivity contribution in [3.05, 3.63) is 17.5 Å². The van der Waals surface area contributed by atoms with E-state index in [1.807, 2.05) is 0 Å². The van der Waals surface area contributed by atoms with Crippen LogP contribution in [-0.2, 0) is 10.0 Å². The first-order chi connectivity index (χ1) is 10.9. The second-order valence-electron chi connectivity index (χ2n) is 5.87. The van der Waals surface area contributed by atoms with Crippen LogP contribution in [0.5, 0.6) is 0 Å². The molecule has 0 bridgehead atoms. The van der Waals surface area contributed by atoms with Gasteiger partial charge in [-0.3, -0.25) is 0 Å². The number of rotatable bonds is 6. The van der Waals surface area contributed by atoms with E-state index in [2.05, 4.69) is 24.3 Å². The topological polar surface area (TPSA) is 57.1 Å². The lowest BCUT2D eigenvalue weighted by Gasteiger charge is -2.35. The van der Waals surface area contributed by atoms with Crippen LogP contribution in [0.1, 0.15) is 6.42 Å². The largest absolute Gasteiger partial charge is 0.362 e. The van der Waals surface area contributed by atoms with Gasteiger partial charge in [-0.1, -0.05) is 6.07 Å². The molecule has 1 aliphatic rings. The van der Waals surface area contributed by atoms with Gasteiger partial charge in [0.1, 0.15) is 4.21 Å². The predicted molar refractivity (Wildman–Crippen MR) is 97.5 cm³/mol. The highest BCUT2D eigenvalue weighted by Gasteiger charge is 2.29. The molecular formula is C14H25N4O2S3+. The van der Waals surface area contributed by atoms with Crippen molar-refractivity contribution >= 4 is 38.7 Å². The van der Waals surface area contributed by atoms with Gasteiger partial charge in [-0.05, 0) is 23.7 Å². The molecule has 1 saturated heterocycles. The van der Waals surface area contributed by atoms with Crippen molar-refractivity contribution in [3.8, 4) is 0 Å². The molecule has 9 heteroatoms. The molecule has 0 amide bonds. The fourth-order valence-electron chi connectivity index (χ4n) is 2.42. The van der Waals surface area contributed by atoms with E-state index in [4.69, 9.17) is 12.2 Å². The Morgan fingerprint density at radius 3 is 2.61 bits per heavy atom. The molecule has 0 saturated carbocycles. The van der Waals surface area contributed by atoms with Crippen LogP contribution in [0.25, 0.3) is 0 Å². The lowest BCUT2D eigenvalue weighted by molar-refractivity contribution is -0.858. The van der Waals surface area contributed by atoms with Crippen LogP contribution < -0.4 is 10.2 Å². The molecule has 0 spiro atoms. The van der Waals surface area contributed by atoms with E-state index in [1.54, 1.807) is 21.8 Å². The van der Waals surface area contributed by atoms with Crippen LogP contribution in [0.2, 0.25) is 0 Å². The van der Waals surface area contributed by atoms with Gasteiger partial charge in [0.05, 0.1) is 20.6 Å². The summed E-state index contributed by atoms with van der Waals surface area (Å²) in [6, 6.07) is 3.42. The third kappa shape index (κ3) is 5.12. The third-order valence-corrected chi connectivity index (χ3v) is 7.42. The predicted octanol–water partition coefficient (Wildman–Crippen LogP) is -0.536. The van der Waals surface area contributed by atoms with Gasteiger partial charge in [0, 0.05) is 39.1 Å². The maximum atomic E-state index is 12.5. The Balaban J connectivity index is 1.78. The zero-order chi connectivity index (χ0) is 16.9. The number of nitrogens with zero attached hydrogens (tertiary/aromatic N) is 2. The van der Waals surface area contributed by atoms with E-state index in [-0.39, 0.29) is 0 Å². The summed E-state index contributed by atoms with van der Waals surface area (Å²) in [6.07, 6.45) is 1.06. The number of piperazine rings is 1. The summed E-state index contributed by atoms with van der Waals surface area (Å²) >= 11 is 6.67. The highest BCUT2D eigenvalue weighted by Crippen LogP contribution is 2.21. The highest BCUT2D eigenvalue weighted by atomic mass is 32.2. The first-order valence-corrected chi connectivity index (χ1v) is 10.5. The molecule has 1 aliphatic heterocycles. The fraction of sp³-hybridized carbons (Fsp3) is 0.643. The Kier molecular flexibility index (Phi) is 6.78. The van der Waals surface area contributed by atoms with Gasteiger partial charge in [0.25, 0.3) is 10.0 Å². The number of thiocarbonyl (C=S) groups is 1. The summed E-state index contributed by atoms with van der Waals surface area (Å²) in [7, 11) is 0.922. The van der Waals surface area contributed by atoms with Crippen molar-refractivity contribution in [2.24, 2.45) is 0 Å². The number of hydrogen-bond donors (Lipinski definition) is 2. The molecule has 23 heavy (non-hydrogen) atoms. The Hall–Kier alpha value is -0.740. The third-order valence-electron chi connectivity index (χ3n) is 3.74. The quantitative estimate of drug-likeness (QED) is 0.515. The van der Waals surface area contributed by atoms with Crippen molar-refractivity contribution in [1.82, 2.24) is 14.5 Å². The molecule has 1 aromatic rings. The summed E-state index contributed by atoms with van der Waals surface area (Å²) in [4.78, 5) is 3.48. The fourth-order valence-corrected chi connectivity index (χ4v) is 5.27. The van der Waals surface area contributed by atoms with E-state index >= 15 is 0 Å². The lowest BCUT2D eigenvalue weighted by Crippen LogP contribution is -3.05. The Morgan fingerprint density at radius 2 is 2.04 bits per heavy atom. The standard InChI is InChI=1S/C14H24N4O2S3/c1-16(2)7-4-6-15-14(21)17-8-10-18(11-9-17)23(19,20)13-5-3-12-22-13/h3,5,12H,4,6-11H2,1-2H3,(H,15,21)/p+1. The van der Waals surface area contributed by atoms with Crippen LogP contribution in [0.4, 0.5) is 0 Å². The van der Waals surface area contributed by atoms with Crippen molar-refractivity contribution in [2.75, 3.05) is 53.4 Å². The summed E-state index contributed by atoms with van der Waals surface area (Å²) in [6.45, 7) is 4.18. The zero-order valence-corrected chi connectivity index (χ0v) is 16.1. The van der Waals surface area contributed by atoms with Crippen LogP contribution in [0, 0.1) is 0 Å². The molecule has 0 aromatic carbocycles. The first kappa shape index (κ1) is 18.6. The van der Waals surface area contributed by atoms with Gasteiger partial charge in [-0.25, -0.2) is 8.42 Å². The number of quaternary nitrogens is 1. The van der Waals surface area contributed by atoms with Crippen LogP contribution in [0.15, 0.2) is 21.7 Å². The van der Waals surface area contributed by atoms with Gasteiger partial charge in [-0.15, -0.1) is 11.3 Å². The van der Waals surface area contributed by atoms with E-state index in [9.17, 15) is 8.42 Å². The monoisotopic (exact) mass is 377 g/mol. The molecule has 1 aromatic heterocycles. The minimum absolute atomic E-state index is 0.415. The molecule has 0 radical (unpaired) electrons. The van der Waals surface area contributed by atoms with Gasteiger partial charge in [-0.2, -0.15) is 4.31 Å². The maximum Gasteiger partial charge on any atom is 0.252 e. The van der Waals surface area contributed by atoms with Crippen molar-refractivity contribution < 1.29 is 13.3 Å². The summed E-state index contributed by atoms with van der Waals surface area (Å²) < 4.78 is 26.9. The van der Waals surface area contributed by atoms with E-state index < -0.39 is 10.0 Å². The number of nitrogens with one attached hydrogen (secondary N) is 2. The van der Waals surface area contributed by atoms with Crippen LogP contribution in [0.3, 0.4) is 0 Å². The minimum Gasteiger partial charge on any atom is -0.362 e. The van der Waals surface area contributed by atoms with E-state index in [1.165, 1.54) is 16.2 Å². The molecule has 0 unspecified atom stereocenters. The zero-order valence-electron chi connectivity index (χ0n) is 13.6. The average molecular weight is 378 g/mol. The molecule has 0 aliphatic carbocycles. The SMILES string of the molecule is C[NH+](C)CCCNC(=S)N1CCN(S(=O)(=O)c2cccs2)CC1. The molecule has 130 valence electrons. The van der Waals surface area contributed by atoms with Crippen molar-refractivity contribution in [3.63, 3.8) is 0 Å². The number of hydrogen-bond acceptors (Lipinski definition) is 4. The minimum atomic E-state index is -3.34. The smallest absolute Gasteiger partial charge is 0.252 e. The second-order valence-corrected chi connectivity index (χ2v) is 9.36. The Bertz CT molecular complexity index is 594. The van der Waals surface area contributed by atoms with E-state index in [0.29, 0.717) is 30.4 Å². The van der Waals surface area contributed by atoms with Crippen LogP contribution in [-0.4, -0.2) is 76.1 Å². The molecule has 2 rings (SSSR count). The van der Waals surface area contributed by atoms with Gasteiger partial charge < -0.3 is 15.1 Å². The second kappa shape index (κ2) is 8.39. The summed E-state index contributed by atoms with van der Waals surface area (Å²) in [5.74, 6) is 0. The van der Waals surface area contributed by atoms with Crippen LogP contribution >= 0.6 is 23.6 Å². The van der Waals surface area contributed by atoms with E-state index in [0.717, 1.165) is 24.6 Å². The normalized spacial score (nSPS) is 16.7. The lowest BCUT2D eigenvalue weighted by atomic mass is 10.4. The van der Waals surface area contributed by atoms with Crippen molar-refractivity contribution in [1.29, 1.82) is 0 Å². The molecule has 6 nitrogen and oxygen atoms in total. The molecule has 1 fully saturated rings.